The summed E-state index contributed by atoms with van der Waals surface area (Å²) in [5, 5.41) is 11.9. The van der Waals surface area contributed by atoms with Crippen LogP contribution in [0.5, 0.6) is 0 Å². The Morgan fingerprint density at radius 3 is 2.88 bits per heavy atom. The number of hydrogen-bond donors (Lipinski definition) is 1. The molecule has 26 heavy (non-hydrogen) atoms. The van der Waals surface area contributed by atoms with Gasteiger partial charge in [0.25, 0.3) is 0 Å². The highest BCUT2D eigenvalue weighted by Crippen LogP contribution is 2.36. The van der Waals surface area contributed by atoms with Gasteiger partial charge in [0.15, 0.2) is 5.82 Å². The lowest BCUT2D eigenvalue weighted by Crippen LogP contribution is -2.32. The number of hydrogen-bond acceptors (Lipinski definition) is 5. The standard InChI is InChI=1S/C17H22FN5O2S/c1-12-11-13(4-5-14(12)18)26(24,25)23-9-2-3-15(23)17-21-20-16-6-7-19-8-10-22(16)17/h4-5,11,15,19H,2-3,6-10H2,1H3. The molecule has 0 amide bonds. The minimum atomic E-state index is -3.72. The summed E-state index contributed by atoms with van der Waals surface area (Å²) in [5.74, 6) is 1.20. The van der Waals surface area contributed by atoms with E-state index in [1.807, 2.05) is 0 Å². The number of sulfonamides is 1. The van der Waals surface area contributed by atoms with Gasteiger partial charge in [-0.15, -0.1) is 10.2 Å². The van der Waals surface area contributed by atoms with E-state index in [1.54, 1.807) is 6.92 Å². The van der Waals surface area contributed by atoms with Crippen LogP contribution in [0.15, 0.2) is 23.1 Å². The van der Waals surface area contributed by atoms with E-state index in [4.69, 9.17) is 0 Å². The van der Waals surface area contributed by atoms with Gasteiger partial charge >= 0.3 is 0 Å². The molecule has 7 nitrogen and oxygen atoms in total. The summed E-state index contributed by atoms with van der Waals surface area (Å²) in [5.41, 5.74) is 0.323. The normalized spacial score (nSPS) is 21.5. The van der Waals surface area contributed by atoms with Gasteiger partial charge in [-0.05, 0) is 43.5 Å². The van der Waals surface area contributed by atoms with Gasteiger partial charge in [0.2, 0.25) is 10.0 Å². The first-order valence-corrected chi connectivity index (χ1v) is 10.3. The molecule has 2 aromatic rings. The molecule has 0 aliphatic carbocycles. The van der Waals surface area contributed by atoms with Crippen molar-refractivity contribution in [3.8, 4) is 0 Å². The van der Waals surface area contributed by atoms with Crippen LogP contribution < -0.4 is 5.32 Å². The van der Waals surface area contributed by atoms with Crippen LogP contribution >= 0.6 is 0 Å². The van der Waals surface area contributed by atoms with Crippen LogP contribution in [0.2, 0.25) is 0 Å². The number of benzene rings is 1. The molecule has 2 aliphatic rings. The van der Waals surface area contributed by atoms with Gasteiger partial charge in [-0.25, -0.2) is 12.8 Å². The molecule has 0 spiro atoms. The predicted molar refractivity (Wildman–Crippen MR) is 93.6 cm³/mol. The predicted octanol–water partition coefficient (Wildman–Crippen LogP) is 1.40. The Morgan fingerprint density at radius 2 is 2.08 bits per heavy atom. The van der Waals surface area contributed by atoms with E-state index >= 15 is 0 Å². The van der Waals surface area contributed by atoms with Gasteiger partial charge < -0.3 is 9.88 Å². The second-order valence-corrected chi connectivity index (χ2v) is 8.70. The molecule has 9 heteroatoms. The van der Waals surface area contributed by atoms with Crippen molar-refractivity contribution in [2.45, 2.75) is 43.7 Å². The fourth-order valence-corrected chi connectivity index (χ4v) is 5.48. The summed E-state index contributed by atoms with van der Waals surface area (Å²) in [4.78, 5) is 0.126. The third-order valence-electron chi connectivity index (χ3n) is 5.13. The fourth-order valence-electron chi connectivity index (χ4n) is 3.74. The van der Waals surface area contributed by atoms with Crippen LogP contribution in [0.1, 0.15) is 36.1 Å². The van der Waals surface area contributed by atoms with Gasteiger partial charge in [0.1, 0.15) is 11.6 Å². The molecule has 1 aromatic heterocycles. The third-order valence-corrected chi connectivity index (χ3v) is 7.04. The van der Waals surface area contributed by atoms with Crippen molar-refractivity contribution in [3.63, 3.8) is 0 Å². The molecule has 4 rings (SSSR count). The van der Waals surface area contributed by atoms with Crippen molar-refractivity contribution in [1.82, 2.24) is 24.4 Å². The van der Waals surface area contributed by atoms with Crippen molar-refractivity contribution in [2.24, 2.45) is 0 Å². The summed E-state index contributed by atoms with van der Waals surface area (Å²) in [6.45, 7) is 4.40. The van der Waals surface area contributed by atoms with Gasteiger partial charge in [-0.2, -0.15) is 4.31 Å². The number of halogens is 1. The van der Waals surface area contributed by atoms with Crippen molar-refractivity contribution in [1.29, 1.82) is 0 Å². The third kappa shape index (κ3) is 2.93. The molecule has 140 valence electrons. The monoisotopic (exact) mass is 379 g/mol. The van der Waals surface area contributed by atoms with Crippen molar-refractivity contribution in [3.05, 3.63) is 41.2 Å². The molecule has 1 N–H and O–H groups in total. The Hall–Kier alpha value is -1.84. The molecule has 2 aliphatic heterocycles. The Morgan fingerprint density at radius 1 is 1.23 bits per heavy atom. The summed E-state index contributed by atoms with van der Waals surface area (Å²) in [6.07, 6.45) is 2.26. The Kier molecular flexibility index (Phi) is 4.54. The van der Waals surface area contributed by atoms with E-state index in [1.165, 1.54) is 22.5 Å². The molecule has 3 heterocycles. The van der Waals surface area contributed by atoms with Crippen LogP contribution in [0.25, 0.3) is 0 Å². The molecule has 1 unspecified atom stereocenters. The van der Waals surface area contributed by atoms with Crippen LogP contribution in [0.4, 0.5) is 4.39 Å². The van der Waals surface area contributed by atoms with Crippen LogP contribution in [0, 0.1) is 12.7 Å². The molecule has 0 bridgehead atoms. The van der Waals surface area contributed by atoms with E-state index in [2.05, 4.69) is 20.1 Å². The van der Waals surface area contributed by atoms with Gasteiger partial charge in [-0.1, -0.05) is 0 Å². The first-order valence-electron chi connectivity index (χ1n) is 8.89. The average Bonchev–Trinajstić information content (AvgIpc) is 3.18. The largest absolute Gasteiger partial charge is 0.315 e. The molecule has 1 atom stereocenters. The fraction of sp³-hybridized carbons (Fsp3) is 0.529. The number of fused-ring (bicyclic) bond motifs is 1. The molecular weight excluding hydrogens is 357 g/mol. The van der Waals surface area contributed by atoms with Gasteiger partial charge in [0, 0.05) is 32.6 Å². The van der Waals surface area contributed by atoms with E-state index in [9.17, 15) is 12.8 Å². The number of nitrogens with zero attached hydrogens (tertiary/aromatic N) is 4. The molecule has 1 saturated heterocycles. The molecule has 0 radical (unpaired) electrons. The lowest BCUT2D eigenvalue weighted by Gasteiger charge is -2.24. The van der Waals surface area contributed by atoms with E-state index in [0.29, 0.717) is 24.4 Å². The van der Waals surface area contributed by atoms with Crippen molar-refractivity contribution < 1.29 is 12.8 Å². The molecule has 1 aromatic carbocycles. The summed E-state index contributed by atoms with van der Waals surface area (Å²) in [6, 6.07) is 3.61. The summed E-state index contributed by atoms with van der Waals surface area (Å²) < 4.78 is 43.4. The summed E-state index contributed by atoms with van der Waals surface area (Å²) in [7, 11) is -3.72. The topological polar surface area (TPSA) is 80.1 Å². The second-order valence-electron chi connectivity index (χ2n) is 6.81. The lowest BCUT2D eigenvalue weighted by atomic mass is 10.2. The minimum Gasteiger partial charge on any atom is -0.315 e. The zero-order chi connectivity index (χ0) is 18.3. The zero-order valence-corrected chi connectivity index (χ0v) is 15.5. The maximum absolute atomic E-state index is 13.6. The zero-order valence-electron chi connectivity index (χ0n) is 14.7. The highest BCUT2D eigenvalue weighted by molar-refractivity contribution is 7.89. The minimum absolute atomic E-state index is 0.126. The Bertz CT molecular complexity index is 927. The Balaban J connectivity index is 1.70. The van der Waals surface area contributed by atoms with E-state index in [-0.39, 0.29) is 10.9 Å². The molecule has 0 saturated carbocycles. The average molecular weight is 379 g/mol. The maximum Gasteiger partial charge on any atom is 0.243 e. The second kappa shape index (κ2) is 6.71. The van der Waals surface area contributed by atoms with Gasteiger partial charge in [-0.3, -0.25) is 0 Å². The maximum atomic E-state index is 13.6. The Labute approximate surface area is 152 Å². The number of aromatic nitrogens is 3. The number of aryl methyl sites for hydroxylation is 1. The smallest absolute Gasteiger partial charge is 0.243 e. The first-order chi connectivity index (χ1) is 12.5. The molecule has 1 fully saturated rings. The lowest BCUT2D eigenvalue weighted by molar-refractivity contribution is 0.371. The molecular formula is C17H22FN5O2S. The number of rotatable bonds is 3. The first kappa shape index (κ1) is 17.6. The van der Waals surface area contributed by atoms with Crippen LogP contribution in [0.3, 0.4) is 0 Å². The van der Waals surface area contributed by atoms with Crippen LogP contribution in [-0.4, -0.2) is 47.1 Å². The van der Waals surface area contributed by atoms with Crippen molar-refractivity contribution >= 4 is 10.0 Å². The quantitative estimate of drug-likeness (QED) is 0.872. The van der Waals surface area contributed by atoms with Gasteiger partial charge in [0.05, 0.1) is 10.9 Å². The van der Waals surface area contributed by atoms with Crippen LogP contribution in [-0.2, 0) is 23.0 Å². The summed E-state index contributed by atoms with van der Waals surface area (Å²) >= 11 is 0. The van der Waals surface area contributed by atoms with E-state index < -0.39 is 15.8 Å². The SMILES string of the molecule is Cc1cc(S(=O)(=O)N2CCCC2c2nnc3n2CCNCC3)ccc1F. The highest BCUT2D eigenvalue weighted by Gasteiger charge is 2.39. The highest BCUT2D eigenvalue weighted by atomic mass is 32.2. The van der Waals surface area contributed by atoms with Crippen molar-refractivity contribution in [2.75, 3.05) is 19.6 Å². The number of nitrogens with one attached hydrogen (secondary N) is 1. The van der Waals surface area contributed by atoms with E-state index in [0.717, 1.165) is 38.3 Å².